The second kappa shape index (κ2) is 19.9. The van der Waals surface area contributed by atoms with Crippen LogP contribution >= 0.6 is 15.9 Å². The molecule has 3 amide bonds. The van der Waals surface area contributed by atoms with E-state index in [4.69, 9.17) is 30.2 Å². The molecule has 0 bridgehead atoms. The number of benzene rings is 3. The number of carbonyl (C=O) groups is 3. The summed E-state index contributed by atoms with van der Waals surface area (Å²) in [5, 5.41) is 10.4. The fraction of sp³-hybridized carbons (Fsp3) is 0.327. The molecule has 1 saturated carbocycles. The Morgan fingerprint density at radius 3 is 2.54 bits per heavy atom. The van der Waals surface area contributed by atoms with E-state index in [0.717, 1.165) is 46.9 Å². The smallest absolute Gasteiger partial charge is 0.410 e. The third-order valence-electron chi connectivity index (χ3n) is 12.5. The van der Waals surface area contributed by atoms with E-state index in [-0.39, 0.29) is 71.5 Å². The number of hydrogen-bond donors (Lipinski definition) is 4. The van der Waals surface area contributed by atoms with Crippen molar-refractivity contribution >= 4 is 73.9 Å². The van der Waals surface area contributed by atoms with Crippen molar-refractivity contribution in [3.8, 4) is 17.0 Å². The van der Waals surface area contributed by atoms with E-state index < -0.39 is 29.5 Å². The maximum Gasteiger partial charge on any atom is 0.410 e. The zero-order valence-corrected chi connectivity index (χ0v) is 41.2. The number of piperazine rings is 1. The summed E-state index contributed by atoms with van der Waals surface area (Å²) in [6, 6.07) is 12.2. The number of hydrogen-bond acceptors (Lipinski definition) is 14. The van der Waals surface area contributed by atoms with Gasteiger partial charge >= 0.3 is 6.09 Å². The number of amides is 3. The Morgan fingerprint density at radius 1 is 1.01 bits per heavy atom. The quantitative estimate of drug-likeness (QED) is 0.0727. The summed E-state index contributed by atoms with van der Waals surface area (Å²) in [4.78, 5) is 71.2. The van der Waals surface area contributed by atoms with Crippen LogP contribution in [0.2, 0.25) is 0 Å². The van der Waals surface area contributed by atoms with E-state index >= 15 is 4.39 Å². The number of H-pyrrole nitrogens is 1. The lowest BCUT2D eigenvalue weighted by Gasteiger charge is -2.43. The van der Waals surface area contributed by atoms with Crippen LogP contribution in [0.25, 0.3) is 27.9 Å². The number of aryl methyl sites for hydroxylation is 1. The van der Waals surface area contributed by atoms with Crippen molar-refractivity contribution < 1.29 is 32.6 Å². The number of aromatic nitrogens is 8. The van der Waals surface area contributed by atoms with Gasteiger partial charge in [-0.15, -0.1) is 0 Å². The highest BCUT2D eigenvalue weighted by molar-refractivity contribution is 9.10. The van der Waals surface area contributed by atoms with Crippen molar-refractivity contribution in [2.45, 2.75) is 65.1 Å². The molecule has 5 N–H and O–H groups in total. The molecular formula is C49H51BrF2N14O5. The molecule has 1 saturated heterocycles. The lowest BCUT2D eigenvalue weighted by Crippen LogP contribution is -2.59. The number of nitrogens with two attached hydrogens (primary N) is 1. The minimum absolute atomic E-state index is 0.0186. The third-order valence-corrected chi connectivity index (χ3v) is 13.1. The van der Waals surface area contributed by atoms with Gasteiger partial charge in [0.2, 0.25) is 11.9 Å². The maximum absolute atomic E-state index is 15.2. The van der Waals surface area contributed by atoms with Gasteiger partial charge in [0.15, 0.2) is 17.2 Å². The molecule has 0 radical (unpaired) electrons. The molecule has 1 aliphatic heterocycles. The van der Waals surface area contributed by atoms with Crippen LogP contribution < -0.4 is 26.0 Å². The minimum atomic E-state index is -0.742. The Labute approximate surface area is 415 Å². The van der Waals surface area contributed by atoms with E-state index in [9.17, 15) is 18.8 Å². The minimum Gasteiger partial charge on any atom is -0.486 e. The van der Waals surface area contributed by atoms with Gasteiger partial charge in [-0.2, -0.15) is 19.6 Å². The molecule has 71 heavy (non-hydrogen) atoms. The van der Waals surface area contributed by atoms with Gasteiger partial charge < -0.3 is 40.6 Å². The van der Waals surface area contributed by atoms with Gasteiger partial charge in [0, 0.05) is 37.0 Å². The zero-order chi connectivity index (χ0) is 50.2. The Hall–Kier alpha value is -7.75. The molecule has 0 unspecified atom stereocenters. The van der Waals surface area contributed by atoms with Crippen molar-refractivity contribution in [2.24, 2.45) is 0 Å². The Kier molecular flexibility index (Phi) is 13.6. The van der Waals surface area contributed by atoms with Gasteiger partial charge in [-0.1, -0.05) is 18.7 Å². The van der Waals surface area contributed by atoms with Gasteiger partial charge in [0.25, 0.3) is 11.8 Å². The zero-order valence-electron chi connectivity index (χ0n) is 39.6. The predicted molar refractivity (Wildman–Crippen MR) is 266 cm³/mol. The van der Waals surface area contributed by atoms with E-state index in [1.54, 1.807) is 28.6 Å². The largest absolute Gasteiger partial charge is 0.486 e. The molecule has 3 aromatic carbocycles. The van der Waals surface area contributed by atoms with Crippen molar-refractivity contribution in [1.82, 2.24) is 49.3 Å². The van der Waals surface area contributed by atoms with Crippen LogP contribution in [0.15, 0.2) is 77.7 Å². The fourth-order valence-electron chi connectivity index (χ4n) is 8.66. The van der Waals surface area contributed by atoms with Crippen molar-refractivity contribution in [3.05, 3.63) is 117 Å². The molecule has 7 aromatic rings. The first kappa shape index (κ1) is 48.3. The van der Waals surface area contributed by atoms with Crippen LogP contribution in [0.5, 0.6) is 5.75 Å². The number of carbonyl (C=O) groups excluding carboxylic acids is 3. The van der Waals surface area contributed by atoms with Crippen LogP contribution in [-0.4, -0.2) is 119 Å². The number of halogens is 3. The molecule has 2 atom stereocenters. The van der Waals surface area contributed by atoms with Crippen LogP contribution in [-0.2, 0) is 16.1 Å². The molecule has 2 aliphatic rings. The lowest BCUT2D eigenvalue weighted by atomic mass is 10.0. The summed E-state index contributed by atoms with van der Waals surface area (Å²) in [5.41, 5.74) is 11.3. The SMILES string of the molecule is C=C(COC(=O)N1[C@H](C)CN(c2nc(NCc3nc4ccc(C)cc4[nH]3)n3ncc(Br)c3n2)C[C@@H]1C)C(=O)N(C)CCOc1c(N)ncnc1-c1cc(F)cc(NC(=O)c2ccc(C3CC3)cc2F)c1C. The Bertz CT molecular complexity index is 3220. The summed E-state index contributed by atoms with van der Waals surface area (Å²) in [6.45, 7) is 12.0. The van der Waals surface area contributed by atoms with Crippen LogP contribution in [0.3, 0.4) is 0 Å². The summed E-state index contributed by atoms with van der Waals surface area (Å²) in [5.74, 6) is -0.701. The highest BCUT2D eigenvalue weighted by atomic mass is 79.9. The van der Waals surface area contributed by atoms with Crippen molar-refractivity contribution in [1.29, 1.82) is 0 Å². The van der Waals surface area contributed by atoms with E-state index in [0.29, 0.717) is 53.1 Å². The molecular weight excluding hydrogens is 983 g/mol. The summed E-state index contributed by atoms with van der Waals surface area (Å²) in [6.07, 6.45) is 4.19. The molecule has 19 nitrogen and oxygen atoms in total. The normalized spacial score (nSPS) is 15.8. The predicted octanol–water partition coefficient (Wildman–Crippen LogP) is 7.57. The first-order valence-electron chi connectivity index (χ1n) is 22.9. The van der Waals surface area contributed by atoms with Crippen LogP contribution in [0.4, 0.5) is 37.0 Å². The number of fused-ring (bicyclic) bond motifs is 2. The summed E-state index contributed by atoms with van der Waals surface area (Å²) < 4.78 is 44.1. The van der Waals surface area contributed by atoms with Gasteiger partial charge in [-0.25, -0.2) is 28.5 Å². The lowest BCUT2D eigenvalue weighted by molar-refractivity contribution is -0.126. The Balaban J connectivity index is 0.785. The number of imidazole rings is 1. The van der Waals surface area contributed by atoms with Crippen molar-refractivity contribution in [3.63, 3.8) is 0 Å². The second-order valence-electron chi connectivity index (χ2n) is 17.9. The first-order valence-corrected chi connectivity index (χ1v) is 23.7. The molecule has 368 valence electrons. The number of rotatable bonds is 15. The highest BCUT2D eigenvalue weighted by Crippen LogP contribution is 2.41. The standard InChI is InChI=1S/C49H51BrF2N14O5/c1-25-7-12-37-39(15-25)59-40(58-37)20-54-47-62-48(61-44-35(50)19-57-66(44)47)64-21-27(3)65(28(4)22-64)49(69)71-23-26(2)46(68)63(6)13-14-70-42-41(55-24-56-43(42)53)34-17-32(51)18-38(29(34)5)60-45(67)33-11-10-31(16-36(33)52)30-8-9-30/h7,10-12,15-19,24,27-28,30H,2,8-9,13-14,20-23H2,1,3-6H3,(H,58,59)(H,60,67)(H2,53,55,56)(H,54,61,62)/t27-,28+. The number of likely N-dealkylation sites (N-methyl/N-ethyl adjacent to an activating group) is 1. The Morgan fingerprint density at radius 2 is 1.79 bits per heavy atom. The number of ether oxygens (including phenoxy) is 2. The molecule has 9 rings (SSSR count). The molecule has 2 fully saturated rings. The molecule has 4 aromatic heterocycles. The van der Waals surface area contributed by atoms with Gasteiger partial charge in [0.1, 0.15) is 42.7 Å². The van der Waals surface area contributed by atoms with Gasteiger partial charge in [-0.05, 0) is 115 Å². The molecule has 22 heteroatoms. The fourth-order valence-corrected chi connectivity index (χ4v) is 9.01. The van der Waals surface area contributed by atoms with Crippen LogP contribution in [0.1, 0.15) is 65.5 Å². The second-order valence-corrected chi connectivity index (χ2v) is 18.8. The molecule has 0 spiro atoms. The average molecular weight is 1030 g/mol. The molecule has 5 heterocycles. The topological polar surface area (TPSA) is 227 Å². The van der Waals surface area contributed by atoms with E-state index in [2.05, 4.69) is 53.2 Å². The van der Waals surface area contributed by atoms with E-state index in [1.165, 1.54) is 36.5 Å². The monoisotopic (exact) mass is 1030 g/mol. The number of anilines is 4. The third kappa shape index (κ3) is 10.3. The first-order chi connectivity index (χ1) is 34.0. The summed E-state index contributed by atoms with van der Waals surface area (Å²) in [7, 11) is 1.53. The van der Waals surface area contributed by atoms with Crippen LogP contribution in [0, 0.1) is 25.5 Å². The number of nitrogen functional groups attached to an aromatic ring is 1. The van der Waals surface area contributed by atoms with Crippen molar-refractivity contribution in [2.75, 3.05) is 61.2 Å². The van der Waals surface area contributed by atoms with E-state index in [1.807, 2.05) is 43.9 Å². The number of aromatic amines is 1. The summed E-state index contributed by atoms with van der Waals surface area (Å²) >= 11 is 3.56. The highest BCUT2D eigenvalue weighted by Gasteiger charge is 2.36. The number of nitrogens with zero attached hydrogens (tertiary/aromatic N) is 10. The van der Waals surface area contributed by atoms with Gasteiger partial charge in [-0.3, -0.25) is 14.5 Å². The average Bonchev–Trinajstić information content (AvgIpc) is 4.01. The maximum atomic E-state index is 15.2. The number of nitrogens with one attached hydrogen (secondary N) is 3. The van der Waals surface area contributed by atoms with Gasteiger partial charge in [0.05, 0.1) is 52.4 Å². The molecule has 1 aliphatic carbocycles.